The normalized spacial score (nSPS) is 11.2. The number of aryl methyl sites for hydroxylation is 2. The van der Waals surface area contributed by atoms with E-state index in [0.29, 0.717) is 23.5 Å². The van der Waals surface area contributed by atoms with Gasteiger partial charge in [0.15, 0.2) is 0 Å². The molecule has 0 saturated carbocycles. The minimum Gasteiger partial charge on any atom is -0.489 e. The van der Waals surface area contributed by atoms with E-state index < -0.39 is 12.3 Å². The minimum atomic E-state index is -4.75. The molecule has 0 amide bonds. The minimum absolute atomic E-state index is 0.0668. The Kier molecular flexibility index (Phi) is 6.84. The molecule has 0 saturated heterocycles. The van der Waals surface area contributed by atoms with Crippen molar-refractivity contribution in [1.82, 2.24) is 0 Å². The van der Waals surface area contributed by atoms with Crippen molar-refractivity contribution in [2.45, 2.75) is 32.7 Å². The van der Waals surface area contributed by atoms with Gasteiger partial charge in [-0.3, -0.25) is 4.79 Å². The number of carbonyl (C=O) groups is 1. The number of aliphatic carboxylic acids is 1. The fraction of sp³-hybridized carbons (Fsp3) is 0.208. The number of benzene rings is 3. The summed E-state index contributed by atoms with van der Waals surface area (Å²) in [6.45, 7) is 2.33. The monoisotopic (exact) mass is 430 g/mol. The predicted molar refractivity (Wildman–Crippen MR) is 110 cm³/mol. The lowest BCUT2D eigenvalue weighted by atomic mass is 10.00. The first-order valence-electron chi connectivity index (χ1n) is 9.59. The number of carboxylic acids is 1. The van der Waals surface area contributed by atoms with Gasteiger partial charge in [0.05, 0.1) is 0 Å². The van der Waals surface area contributed by atoms with Crippen LogP contribution in [0.5, 0.6) is 11.5 Å². The third-order valence-electron chi connectivity index (χ3n) is 4.57. The zero-order valence-corrected chi connectivity index (χ0v) is 16.8. The van der Waals surface area contributed by atoms with Crippen LogP contribution in [0, 0.1) is 6.92 Å². The lowest BCUT2D eigenvalue weighted by Crippen LogP contribution is -2.16. The van der Waals surface area contributed by atoms with Crippen LogP contribution in [0.1, 0.15) is 23.1 Å². The zero-order valence-electron chi connectivity index (χ0n) is 16.8. The fourth-order valence-electron chi connectivity index (χ4n) is 3.15. The number of hydrogen-bond acceptors (Lipinski definition) is 3. The van der Waals surface area contributed by atoms with Crippen molar-refractivity contribution in [3.8, 4) is 22.6 Å². The average Bonchev–Trinajstić information content (AvgIpc) is 2.70. The molecular weight excluding hydrogens is 409 g/mol. The molecule has 0 fully saturated rings. The highest BCUT2D eigenvalue weighted by molar-refractivity contribution is 5.69. The third kappa shape index (κ3) is 6.77. The van der Waals surface area contributed by atoms with Gasteiger partial charge in [-0.1, -0.05) is 48.0 Å². The Balaban J connectivity index is 1.82. The molecule has 0 aromatic heterocycles. The highest BCUT2D eigenvalue weighted by atomic mass is 19.4. The number of hydrogen-bond donors (Lipinski definition) is 1. The lowest BCUT2D eigenvalue weighted by Gasteiger charge is -2.14. The Hall–Kier alpha value is -3.48. The average molecular weight is 430 g/mol. The summed E-state index contributed by atoms with van der Waals surface area (Å²) in [7, 11) is 0. The number of halogens is 3. The molecule has 0 unspecified atom stereocenters. The molecule has 0 radical (unpaired) electrons. The first-order chi connectivity index (χ1) is 14.7. The Morgan fingerprint density at radius 1 is 0.968 bits per heavy atom. The SMILES string of the molecule is Cc1cccc(COc2ccc(-c3ccc(OC(F)(F)F)cc3)cc2CCC(=O)O)c1. The van der Waals surface area contributed by atoms with Crippen molar-refractivity contribution in [3.05, 3.63) is 83.4 Å². The van der Waals surface area contributed by atoms with E-state index in [1.807, 2.05) is 31.2 Å². The molecule has 0 bridgehead atoms. The molecule has 1 N–H and O–H groups in total. The van der Waals surface area contributed by atoms with Crippen molar-refractivity contribution in [2.75, 3.05) is 0 Å². The summed E-state index contributed by atoms with van der Waals surface area (Å²) < 4.78 is 46.9. The largest absolute Gasteiger partial charge is 0.573 e. The van der Waals surface area contributed by atoms with Crippen LogP contribution in [-0.4, -0.2) is 17.4 Å². The van der Waals surface area contributed by atoms with Crippen LogP contribution in [-0.2, 0) is 17.8 Å². The summed E-state index contributed by atoms with van der Waals surface area (Å²) in [4.78, 5) is 11.1. The van der Waals surface area contributed by atoms with E-state index in [4.69, 9.17) is 9.84 Å². The van der Waals surface area contributed by atoms with Gasteiger partial charge >= 0.3 is 12.3 Å². The Bertz CT molecular complexity index is 1040. The molecular formula is C24H21F3O4. The highest BCUT2D eigenvalue weighted by Crippen LogP contribution is 2.31. The van der Waals surface area contributed by atoms with Gasteiger partial charge in [-0.25, -0.2) is 0 Å². The van der Waals surface area contributed by atoms with Gasteiger partial charge in [0.25, 0.3) is 0 Å². The second-order valence-electron chi connectivity index (χ2n) is 7.07. The van der Waals surface area contributed by atoms with Crippen LogP contribution in [0.4, 0.5) is 13.2 Å². The molecule has 31 heavy (non-hydrogen) atoms. The molecule has 3 aromatic rings. The first kappa shape index (κ1) is 22.2. The van der Waals surface area contributed by atoms with Crippen molar-refractivity contribution < 1.29 is 32.5 Å². The maximum Gasteiger partial charge on any atom is 0.573 e. The van der Waals surface area contributed by atoms with Crippen LogP contribution >= 0.6 is 0 Å². The van der Waals surface area contributed by atoms with Crippen molar-refractivity contribution in [3.63, 3.8) is 0 Å². The summed E-state index contributed by atoms with van der Waals surface area (Å²) in [5, 5.41) is 9.07. The van der Waals surface area contributed by atoms with Gasteiger partial charge in [0, 0.05) is 6.42 Å². The molecule has 0 aliphatic heterocycles. The lowest BCUT2D eigenvalue weighted by molar-refractivity contribution is -0.274. The number of ether oxygens (including phenoxy) is 2. The topological polar surface area (TPSA) is 55.8 Å². The maximum absolute atomic E-state index is 12.3. The molecule has 7 heteroatoms. The Morgan fingerprint density at radius 2 is 1.68 bits per heavy atom. The predicted octanol–water partition coefficient (Wildman–Crippen LogP) is 6.16. The van der Waals surface area contributed by atoms with Gasteiger partial charge in [-0.2, -0.15) is 0 Å². The van der Waals surface area contributed by atoms with E-state index >= 15 is 0 Å². The van der Waals surface area contributed by atoms with Crippen LogP contribution in [0.15, 0.2) is 66.7 Å². The standard InChI is InChI=1S/C24H21F3O4/c1-16-3-2-4-17(13-16)15-30-22-11-7-19(14-20(22)8-12-23(28)29)18-5-9-21(10-6-18)31-24(25,26)27/h2-7,9-11,13-14H,8,12,15H2,1H3,(H,28,29). The summed E-state index contributed by atoms with van der Waals surface area (Å²) in [6, 6.07) is 18.7. The summed E-state index contributed by atoms with van der Waals surface area (Å²) in [6.07, 6.45) is -4.55. The molecule has 0 aliphatic rings. The molecule has 4 nitrogen and oxygen atoms in total. The van der Waals surface area contributed by atoms with Gasteiger partial charge in [0.2, 0.25) is 0 Å². The van der Waals surface area contributed by atoms with E-state index in [1.54, 1.807) is 18.2 Å². The quantitative estimate of drug-likeness (QED) is 0.465. The van der Waals surface area contributed by atoms with E-state index in [1.165, 1.54) is 24.3 Å². The number of alkyl halides is 3. The number of carboxylic acid groups (broad SMARTS) is 1. The molecule has 0 heterocycles. The summed E-state index contributed by atoms with van der Waals surface area (Å²) in [5.74, 6) is -0.660. The highest BCUT2D eigenvalue weighted by Gasteiger charge is 2.30. The molecule has 0 spiro atoms. The smallest absolute Gasteiger partial charge is 0.489 e. The van der Waals surface area contributed by atoms with Crippen molar-refractivity contribution in [1.29, 1.82) is 0 Å². The van der Waals surface area contributed by atoms with E-state index in [0.717, 1.165) is 16.7 Å². The van der Waals surface area contributed by atoms with Crippen LogP contribution in [0.25, 0.3) is 11.1 Å². The van der Waals surface area contributed by atoms with E-state index in [9.17, 15) is 18.0 Å². The van der Waals surface area contributed by atoms with Gasteiger partial charge in [-0.05, 0) is 59.9 Å². The zero-order chi connectivity index (χ0) is 22.4. The molecule has 0 aliphatic carbocycles. The van der Waals surface area contributed by atoms with Crippen LogP contribution < -0.4 is 9.47 Å². The molecule has 3 rings (SSSR count). The van der Waals surface area contributed by atoms with Gasteiger partial charge in [0.1, 0.15) is 18.1 Å². The van der Waals surface area contributed by atoms with E-state index in [-0.39, 0.29) is 18.6 Å². The second kappa shape index (κ2) is 9.55. The van der Waals surface area contributed by atoms with Crippen LogP contribution in [0.3, 0.4) is 0 Å². The Labute approximate surface area is 177 Å². The van der Waals surface area contributed by atoms with E-state index in [2.05, 4.69) is 4.74 Å². The van der Waals surface area contributed by atoms with Gasteiger partial charge in [-0.15, -0.1) is 13.2 Å². The third-order valence-corrected chi connectivity index (χ3v) is 4.57. The summed E-state index contributed by atoms with van der Waals surface area (Å²) in [5.41, 5.74) is 4.23. The fourth-order valence-corrected chi connectivity index (χ4v) is 3.15. The first-order valence-corrected chi connectivity index (χ1v) is 9.59. The van der Waals surface area contributed by atoms with Crippen molar-refractivity contribution in [2.24, 2.45) is 0 Å². The molecule has 162 valence electrons. The van der Waals surface area contributed by atoms with Crippen LogP contribution in [0.2, 0.25) is 0 Å². The summed E-state index contributed by atoms with van der Waals surface area (Å²) >= 11 is 0. The van der Waals surface area contributed by atoms with Gasteiger partial charge < -0.3 is 14.6 Å². The van der Waals surface area contributed by atoms with Crippen molar-refractivity contribution >= 4 is 5.97 Å². The molecule has 0 atom stereocenters. The molecule has 3 aromatic carbocycles. The maximum atomic E-state index is 12.3. The second-order valence-corrected chi connectivity index (χ2v) is 7.07. The Morgan fingerprint density at radius 3 is 2.32 bits per heavy atom. The number of rotatable bonds is 8.